The van der Waals surface area contributed by atoms with Crippen molar-refractivity contribution < 1.29 is 0 Å². The van der Waals surface area contributed by atoms with E-state index in [1.54, 1.807) is 0 Å². The van der Waals surface area contributed by atoms with Gasteiger partial charge in [0, 0.05) is 13.1 Å². The lowest BCUT2D eigenvalue weighted by atomic mass is 10.1. The van der Waals surface area contributed by atoms with Gasteiger partial charge >= 0.3 is 0 Å². The fourth-order valence-electron chi connectivity index (χ4n) is 1.73. The Morgan fingerprint density at radius 3 is 3.00 bits per heavy atom. The van der Waals surface area contributed by atoms with Crippen LogP contribution in [0.5, 0.6) is 0 Å². The molecular formula is C8H15N5. The van der Waals surface area contributed by atoms with Gasteiger partial charge in [-0.25, -0.2) is 4.68 Å². The van der Waals surface area contributed by atoms with Crippen molar-refractivity contribution in [2.75, 3.05) is 17.7 Å². The van der Waals surface area contributed by atoms with Crippen LogP contribution >= 0.6 is 0 Å². The molecule has 1 aromatic rings. The maximum Gasteiger partial charge on any atom is 0.243 e. The van der Waals surface area contributed by atoms with Crippen LogP contribution in [0.15, 0.2) is 0 Å². The molecule has 1 aliphatic rings. The Morgan fingerprint density at radius 2 is 2.31 bits per heavy atom. The van der Waals surface area contributed by atoms with Crippen molar-refractivity contribution in [3.63, 3.8) is 0 Å². The number of anilines is 2. The molecule has 0 saturated carbocycles. The van der Waals surface area contributed by atoms with Gasteiger partial charge in [-0.15, -0.1) is 5.10 Å². The van der Waals surface area contributed by atoms with E-state index in [2.05, 4.69) is 34.6 Å². The molecule has 5 heteroatoms. The standard InChI is InChI=1S/C8H15N5/c1-5-4-6(2)13-8(10-5)11-7(9-3)12-13/h5-6H,4H2,1-3H3,(H2,9,10,11,12). The second-order valence-corrected chi connectivity index (χ2v) is 3.58. The van der Waals surface area contributed by atoms with E-state index in [4.69, 9.17) is 0 Å². The number of fused-ring (bicyclic) bond motifs is 1. The van der Waals surface area contributed by atoms with Gasteiger partial charge in [0.2, 0.25) is 11.9 Å². The average Bonchev–Trinajstić information content (AvgIpc) is 2.47. The predicted molar refractivity (Wildman–Crippen MR) is 52.0 cm³/mol. The third kappa shape index (κ3) is 1.34. The van der Waals surface area contributed by atoms with Crippen LogP contribution in [-0.4, -0.2) is 27.9 Å². The highest BCUT2D eigenvalue weighted by Gasteiger charge is 2.23. The SMILES string of the molecule is CNc1nc2n(n1)C(C)CC(C)N2. The average molecular weight is 181 g/mol. The minimum Gasteiger partial charge on any atom is -0.356 e. The number of aromatic nitrogens is 3. The molecule has 13 heavy (non-hydrogen) atoms. The molecule has 2 atom stereocenters. The van der Waals surface area contributed by atoms with E-state index in [1.807, 2.05) is 11.7 Å². The van der Waals surface area contributed by atoms with Crippen molar-refractivity contribution in [1.82, 2.24) is 14.8 Å². The molecule has 1 aliphatic heterocycles. The third-order valence-corrected chi connectivity index (χ3v) is 2.34. The Balaban J connectivity index is 2.35. The zero-order valence-electron chi connectivity index (χ0n) is 8.20. The van der Waals surface area contributed by atoms with Crippen molar-refractivity contribution >= 4 is 11.9 Å². The summed E-state index contributed by atoms with van der Waals surface area (Å²) in [5.41, 5.74) is 0. The Hall–Kier alpha value is -1.26. The number of rotatable bonds is 1. The molecule has 2 unspecified atom stereocenters. The van der Waals surface area contributed by atoms with Gasteiger partial charge in [-0.05, 0) is 20.3 Å². The number of nitrogens with one attached hydrogen (secondary N) is 2. The maximum absolute atomic E-state index is 4.32. The van der Waals surface area contributed by atoms with Crippen molar-refractivity contribution in [3.05, 3.63) is 0 Å². The van der Waals surface area contributed by atoms with Gasteiger partial charge in [-0.2, -0.15) is 4.98 Å². The molecule has 0 amide bonds. The van der Waals surface area contributed by atoms with E-state index < -0.39 is 0 Å². The lowest BCUT2D eigenvalue weighted by Gasteiger charge is -2.26. The Bertz CT molecular complexity index is 305. The summed E-state index contributed by atoms with van der Waals surface area (Å²) >= 11 is 0. The van der Waals surface area contributed by atoms with Crippen LogP contribution in [0.2, 0.25) is 0 Å². The normalized spacial score (nSPS) is 26.4. The predicted octanol–water partition coefficient (Wildman–Crippen LogP) is 1.08. The lowest BCUT2D eigenvalue weighted by Crippen LogP contribution is -2.29. The van der Waals surface area contributed by atoms with E-state index in [9.17, 15) is 0 Å². The molecule has 72 valence electrons. The fraction of sp³-hybridized carbons (Fsp3) is 0.750. The molecule has 0 spiro atoms. The van der Waals surface area contributed by atoms with Crippen LogP contribution in [-0.2, 0) is 0 Å². The van der Waals surface area contributed by atoms with Crippen LogP contribution in [0.4, 0.5) is 11.9 Å². The molecule has 5 nitrogen and oxygen atoms in total. The van der Waals surface area contributed by atoms with E-state index in [0.29, 0.717) is 18.0 Å². The highest BCUT2D eigenvalue weighted by Crippen LogP contribution is 2.25. The Kier molecular flexibility index (Phi) is 1.86. The molecule has 2 N–H and O–H groups in total. The van der Waals surface area contributed by atoms with Gasteiger partial charge in [0.25, 0.3) is 0 Å². The van der Waals surface area contributed by atoms with Crippen molar-refractivity contribution in [3.8, 4) is 0 Å². The highest BCUT2D eigenvalue weighted by atomic mass is 15.5. The van der Waals surface area contributed by atoms with Gasteiger partial charge in [-0.1, -0.05) is 0 Å². The van der Waals surface area contributed by atoms with E-state index in [-0.39, 0.29) is 0 Å². The van der Waals surface area contributed by atoms with Gasteiger partial charge in [0.1, 0.15) is 0 Å². The number of hydrogen-bond acceptors (Lipinski definition) is 4. The van der Waals surface area contributed by atoms with Crippen molar-refractivity contribution in [2.45, 2.75) is 32.4 Å². The number of nitrogens with zero attached hydrogens (tertiary/aromatic N) is 3. The molecule has 1 aromatic heterocycles. The van der Waals surface area contributed by atoms with Crippen LogP contribution in [0.1, 0.15) is 26.3 Å². The van der Waals surface area contributed by atoms with Gasteiger partial charge in [0.15, 0.2) is 0 Å². The first-order valence-electron chi connectivity index (χ1n) is 4.61. The van der Waals surface area contributed by atoms with Crippen LogP contribution < -0.4 is 10.6 Å². The summed E-state index contributed by atoms with van der Waals surface area (Å²) in [6, 6.07) is 0.914. The first-order chi connectivity index (χ1) is 6.20. The molecule has 0 fully saturated rings. The lowest BCUT2D eigenvalue weighted by molar-refractivity contribution is 0.413. The molecule has 0 bridgehead atoms. The summed E-state index contributed by atoms with van der Waals surface area (Å²) < 4.78 is 1.94. The third-order valence-electron chi connectivity index (χ3n) is 2.34. The fourth-order valence-corrected chi connectivity index (χ4v) is 1.73. The summed E-state index contributed by atoms with van der Waals surface area (Å²) in [5, 5.41) is 10.5. The second kappa shape index (κ2) is 2.90. The van der Waals surface area contributed by atoms with Crippen molar-refractivity contribution in [1.29, 1.82) is 0 Å². The van der Waals surface area contributed by atoms with Crippen LogP contribution in [0, 0.1) is 0 Å². The first-order valence-corrected chi connectivity index (χ1v) is 4.61. The van der Waals surface area contributed by atoms with Gasteiger partial charge in [-0.3, -0.25) is 0 Å². The summed E-state index contributed by atoms with van der Waals surface area (Å²) in [5.74, 6) is 1.55. The largest absolute Gasteiger partial charge is 0.356 e. The van der Waals surface area contributed by atoms with E-state index in [1.165, 1.54) is 0 Å². The Morgan fingerprint density at radius 1 is 1.54 bits per heavy atom. The first kappa shape index (κ1) is 8.34. The highest BCUT2D eigenvalue weighted by molar-refractivity contribution is 5.37. The molecule has 2 heterocycles. The molecule has 0 aromatic carbocycles. The smallest absolute Gasteiger partial charge is 0.243 e. The van der Waals surface area contributed by atoms with Gasteiger partial charge < -0.3 is 10.6 Å². The quantitative estimate of drug-likeness (QED) is 0.681. The maximum atomic E-state index is 4.32. The summed E-state index contributed by atoms with van der Waals surface area (Å²) in [4.78, 5) is 4.30. The molecule has 0 radical (unpaired) electrons. The van der Waals surface area contributed by atoms with Crippen LogP contribution in [0.3, 0.4) is 0 Å². The summed E-state index contributed by atoms with van der Waals surface area (Å²) in [6.07, 6.45) is 1.10. The topological polar surface area (TPSA) is 54.8 Å². The van der Waals surface area contributed by atoms with E-state index in [0.717, 1.165) is 12.4 Å². The minimum atomic E-state index is 0.431. The summed E-state index contributed by atoms with van der Waals surface area (Å²) in [7, 11) is 1.83. The molecule has 2 rings (SSSR count). The molecular weight excluding hydrogens is 166 g/mol. The monoisotopic (exact) mass is 181 g/mol. The van der Waals surface area contributed by atoms with E-state index >= 15 is 0 Å². The molecule has 0 saturated heterocycles. The number of hydrogen-bond donors (Lipinski definition) is 2. The summed E-state index contributed by atoms with van der Waals surface area (Å²) in [6.45, 7) is 4.32. The second-order valence-electron chi connectivity index (χ2n) is 3.58. The minimum absolute atomic E-state index is 0.431. The molecule has 0 aliphatic carbocycles. The van der Waals surface area contributed by atoms with Gasteiger partial charge in [0.05, 0.1) is 6.04 Å². The Labute approximate surface area is 77.5 Å². The zero-order valence-corrected chi connectivity index (χ0v) is 8.20. The van der Waals surface area contributed by atoms with Crippen molar-refractivity contribution in [2.24, 2.45) is 0 Å². The zero-order chi connectivity index (χ0) is 9.42. The van der Waals surface area contributed by atoms with Crippen LogP contribution in [0.25, 0.3) is 0 Å².